The van der Waals surface area contributed by atoms with Gasteiger partial charge in [0.15, 0.2) is 6.73 Å². The molecule has 3 nitrogen and oxygen atoms in total. The Morgan fingerprint density at radius 3 is 2.60 bits per heavy atom. The molecule has 0 N–H and O–H groups in total. The van der Waals surface area contributed by atoms with E-state index in [0.29, 0.717) is 6.61 Å². The van der Waals surface area contributed by atoms with E-state index in [0.717, 1.165) is 19.4 Å². The van der Waals surface area contributed by atoms with Crippen LogP contribution in [0.1, 0.15) is 20.3 Å². The van der Waals surface area contributed by atoms with Crippen LogP contribution >= 0.6 is 0 Å². The highest BCUT2D eigenvalue weighted by atomic mass is 16.5. The van der Waals surface area contributed by atoms with E-state index < -0.39 is 0 Å². The molecule has 10 heavy (non-hydrogen) atoms. The minimum atomic E-state index is 0.605. The van der Waals surface area contributed by atoms with Crippen LogP contribution in [0.2, 0.25) is 0 Å². The summed E-state index contributed by atoms with van der Waals surface area (Å²) < 4.78 is 4.91. The van der Waals surface area contributed by atoms with Crippen molar-refractivity contribution in [1.29, 1.82) is 0 Å². The second-order valence-corrected chi connectivity index (χ2v) is 1.90. The van der Waals surface area contributed by atoms with Gasteiger partial charge in [-0.05, 0) is 13.3 Å². The summed E-state index contributed by atoms with van der Waals surface area (Å²) in [4.78, 5) is 11.7. The maximum atomic E-state index is 10.2. The van der Waals surface area contributed by atoms with E-state index in [1.165, 1.54) is 11.6 Å². The molecule has 0 saturated carbocycles. The van der Waals surface area contributed by atoms with E-state index in [9.17, 15) is 4.79 Å². The Hall–Kier alpha value is -0.570. The molecule has 59 valence electrons. The van der Waals surface area contributed by atoms with E-state index in [1.807, 2.05) is 13.8 Å². The average Bonchev–Trinajstić information content (AvgIpc) is 1.98. The van der Waals surface area contributed by atoms with Crippen LogP contribution in [0.25, 0.3) is 0 Å². The number of carbonyl (C=O) groups excluding carboxylic acids is 1. The number of hydrogen-bond donors (Lipinski definition) is 0. The summed E-state index contributed by atoms with van der Waals surface area (Å²) in [5.41, 5.74) is 0. The predicted octanol–water partition coefficient (Wildman–Crippen LogP) is 1.01. The van der Waals surface area contributed by atoms with Crippen LogP contribution in [-0.2, 0) is 9.53 Å². The maximum Gasteiger partial charge on any atom is 0.211 e. The van der Waals surface area contributed by atoms with Crippen LogP contribution in [0.3, 0.4) is 0 Å². The van der Waals surface area contributed by atoms with Crippen LogP contribution in [0.4, 0.5) is 0 Å². The van der Waals surface area contributed by atoms with Gasteiger partial charge in [-0.3, -0.25) is 4.79 Å². The summed E-state index contributed by atoms with van der Waals surface area (Å²) in [6.07, 6.45) is 1.71. The fraction of sp³-hybridized carbons (Fsp3) is 0.714. The first kappa shape index (κ1) is 9.43. The van der Waals surface area contributed by atoms with Crippen molar-refractivity contribution >= 4 is 6.41 Å². The third kappa shape index (κ3) is 4.32. The van der Waals surface area contributed by atoms with Gasteiger partial charge in [-0.2, -0.15) is 0 Å². The number of carbonyl (C=O) groups is 1. The summed E-state index contributed by atoms with van der Waals surface area (Å²) in [6, 6.07) is 0. The minimum absolute atomic E-state index is 0.605. The van der Waals surface area contributed by atoms with E-state index in [-0.39, 0.29) is 0 Å². The summed E-state index contributed by atoms with van der Waals surface area (Å²) >= 11 is 0. The van der Waals surface area contributed by atoms with Crippen LogP contribution in [0.15, 0.2) is 0 Å². The number of ether oxygens (including phenoxy) is 1. The van der Waals surface area contributed by atoms with Gasteiger partial charge in [-0.25, -0.2) is 0 Å². The van der Waals surface area contributed by atoms with Gasteiger partial charge in [0.2, 0.25) is 6.41 Å². The molecule has 0 heterocycles. The molecule has 0 unspecified atom stereocenters. The Kier molecular flexibility index (Phi) is 6.18. The molecule has 0 aromatic carbocycles. The third-order valence-corrected chi connectivity index (χ3v) is 0.994. The molecule has 0 bridgehead atoms. The Labute approximate surface area is 62.0 Å². The van der Waals surface area contributed by atoms with E-state index in [4.69, 9.17) is 4.74 Å². The molecule has 3 heteroatoms. The summed E-state index contributed by atoms with van der Waals surface area (Å²) in [6.45, 7) is 6.68. The van der Waals surface area contributed by atoms with Crippen molar-refractivity contribution in [3.05, 3.63) is 6.73 Å². The minimum Gasteiger partial charge on any atom is -0.354 e. The topological polar surface area (TPSA) is 29.5 Å². The highest BCUT2D eigenvalue weighted by molar-refractivity contribution is 5.47. The molecule has 0 aliphatic heterocycles. The fourth-order valence-corrected chi connectivity index (χ4v) is 0.559. The molecule has 0 rings (SSSR count). The zero-order chi connectivity index (χ0) is 7.82. The molecule has 1 radical (unpaired) electrons. The molecular weight excluding hydrogens is 130 g/mol. The van der Waals surface area contributed by atoms with Crippen LogP contribution in [0.5, 0.6) is 0 Å². The molecule has 1 amide bonds. The van der Waals surface area contributed by atoms with Crippen molar-refractivity contribution in [3.63, 3.8) is 0 Å². The van der Waals surface area contributed by atoms with Crippen molar-refractivity contribution in [2.45, 2.75) is 20.3 Å². The summed E-state index contributed by atoms with van der Waals surface area (Å²) in [7, 11) is 0. The van der Waals surface area contributed by atoms with Gasteiger partial charge in [-0.15, -0.1) is 0 Å². The van der Waals surface area contributed by atoms with Crippen LogP contribution < -0.4 is 0 Å². The van der Waals surface area contributed by atoms with E-state index >= 15 is 0 Å². The number of amides is 1. The first-order valence-corrected chi connectivity index (χ1v) is 3.51. The second kappa shape index (κ2) is 6.55. The quantitative estimate of drug-likeness (QED) is 0.521. The van der Waals surface area contributed by atoms with E-state index in [1.54, 1.807) is 0 Å². The zero-order valence-corrected chi connectivity index (χ0v) is 6.54. The lowest BCUT2D eigenvalue weighted by molar-refractivity contribution is -0.119. The smallest absolute Gasteiger partial charge is 0.211 e. The van der Waals surface area contributed by atoms with Crippen molar-refractivity contribution in [3.8, 4) is 0 Å². The van der Waals surface area contributed by atoms with Crippen molar-refractivity contribution in [2.75, 3.05) is 13.2 Å². The second-order valence-electron chi connectivity index (χ2n) is 1.90. The molecule has 0 atom stereocenters. The fourth-order valence-electron chi connectivity index (χ4n) is 0.559. The Bertz CT molecular complexity index is 85.7. The highest BCUT2D eigenvalue weighted by Crippen LogP contribution is 1.91. The maximum absolute atomic E-state index is 10.2. The Morgan fingerprint density at radius 2 is 2.20 bits per heavy atom. The Balaban J connectivity index is 3.29. The molecule has 0 fully saturated rings. The van der Waals surface area contributed by atoms with Crippen LogP contribution in [-0.4, -0.2) is 24.5 Å². The number of hydrogen-bond acceptors (Lipinski definition) is 2. The predicted molar refractivity (Wildman–Crippen MR) is 39.0 cm³/mol. The van der Waals surface area contributed by atoms with Gasteiger partial charge >= 0.3 is 0 Å². The normalized spacial score (nSPS) is 9.40. The summed E-state index contributed by atoms with van der Waals surface area (Å²) in [5.74, 6) is 0. The molecule has 0 spiro atoms. The molecular formula is C7H14NO2. The lowest BCUT2D eigenvalue weighted by atomic mass is 10.5. The molecule has 0 saturated heterocycles. The first-order chi connectivity index (χ1) is 4.85. The largest absolute Gasteiger partial charge is 0.354 e. The lowest BCUT2D eigenvalue weighted by Crippen LogP contribution is -2.20. The summed E-state index contributed by atoms with van der Waals surface area (Å²) in [5, 5.41) is 0. The lowest BCUT2D eigenvalue weighted by Gasteiger charge is -2.13. The highest BCUT2D eigenvalue weighted by Gasteiger charge is 1.97. The molecule has 0 aromatic heterocycles. The third-order valence-electron chi connectivity index (χ3n) is 0.994. The van der Waals surface area contributed by atoms with Crippen molar-refractivity contribution < 1.29 is 9.53 Å². The van der Waals surface area contributed by atoms with Gasteiger partial charge in [0.05, 0.1) is 0 Å². The monoisotopic (exact) mass is 144 g/mol. The standard InChI is InChI=1S/C7H14NO2/c1-3-5-8(6-9)7-10-4-2/h6-7H,3-5H2,1-2H3. The van der Waals surface area contributed by atoms with Gasteiger partial charge in [0, 0.05) is 13.2 Å². The molecule has 0 aliphatic carbocycles. The van der Waals surface area contributed by atoms with E-state index in [2.05, 4.69) is 0 Å². The molecule has 0 aliphatic rings. The van der Waals surface area contributed by atoms with Gasteiger partial charge in [0.1, 0.15) is 0 Å². The zero-order valence-electron chi connectivity index (χ0n) is 6.54. The van der Waals surface area contributed by atoms with Crippen LogP contribution in [0, 0.1) is 6.73 Å². The SMILES string of the molecule is CCCN([CH]OCC)C=O. The van der Waals surface area contributed by atoms with Crippen molar-refractivity contribution in [2.24, 2.45) is 0 Å². The Morgan fingerprint density at radius 1 is 1.50 bits per heavy atom. The van der Waals surface area contributed by atoms with Gasteiger partial charge in [0.25, 0.3) is 0 Å². The van der Waals surface area contributed by atoms with Gasteiger partial charge < -0.3 is 9.64 Å². The van der Waals surface area contributed by atoms with Crippen molar-refractivity contribution in [1.82, 2.24) is 4.90 Å². The number of rotatable bonds is 6. The number of nitrogens with zero attached hydrogens (tertiary/aromatic N) is 1. The molecule has 0 aromatic rings. The first-order valence-electron chi connectivity index (χ1n) is 3.51. The van der Waals surface area contributed by atoms with Gasteiger partial charge in [-0.1, -0.05) is 6.92 Å². The average molecular weight is 144 g/mol.